The molecule has 0 bridgehead atoms. The molecule has 5 nitrogen and oxygen atoms in total. The van der Waals surface area contributed by atoms with Crippen molar-refractivity contribution < 1.29 is 9.90 Å². The van der Waals surface area contributed by atoms with Gasteiger partial charge in [0.2, 0.25) is 0 Å². The third-order valence-corrected chi connectivity index (χ3v) is 1.66. The van der Waals surface area contributed by atoms with E-state index in [-0.39, 0.29) is 5.57 Å². The Morgan fingerprint density at radius 2 is 2.42 bits per heavy atom. The number of hydrogen-bond donors (Lipinski definition) is 1. The van der Waals surface area contributed by atoms with Crippen molar-refractivity contribution in [2.75, 3.05) is 0 Å². The molecule has 0 aromatic carbocycles. The lowest BCUT2D eigenvalue weighted by molar-refractivity contribution is -0.132. The molecule has 2 aliphatic rings. The fourth-order valence-electron chi connectivity index (χ4n) is 1.09. The van der Waals surface area contributed by atoms with Gasteiger partial charge in [-0.3, -0.25) is 9.98 Å². The molecule has 1 N–H and O–H groups in total. The van der Waals surface area contributed by atoms with Crippen LogP contribution in [0.1, 0.15) is 0 Å². The second kappa shape index (κ2) is 2.37. The number of aliphatic carboxylic acids is 1. The molecular formula is C7H5N3O2. The zero-order valence-electron chi connectivity index (χ0n) is 6.01. The van der Waals surface area contributed by atoms with Crippen molar-refractivity contribution in [1.29, 1.82) is 0 Å². The van der Waals surface area contributed by atoms with Crippen molar-refractivity contribution in [3.63, 3.8) is 0 Å². The maximum Gasteiger partial charge on any atom is 0.335 e. The van der Waals surface area contributed by atoms with Gasteiger partial charge in [0, 0.05) is 6.20 Å². The van der Waals surface area contributed by atoms with Gasteiger partial charge in [0.05, 0.1) is 17.5 Å². The molecule has 2 rings (SSSR count). The highest BCUT2D eigenvalue weighted by Gasteiger charge is 2.28. The third-order valence-electron chi connectivity index (χ3n) is 1.66. The predicted octanol–water partition coefficient (Wildman–Crippen LogP) is -0.109. The Kier molecular flexibility index (Phi) is 1.36. The molecular weight excluding hydrogens is 158 g/mol. The molecule has 0 aliphatic carbocycles. The van der Waals surface area contributed by atoms with Crippen LogP contribution in [-0.2, 0) is 4.79 Å². The van der Waals surface area contributed by atoms with Crippen molar-refractivity contribution >= 4 is 24.2 Å². The summed E-state index contributed by atoms with van der Waals surface area (Å²) in [6.45, 7) is 0. The maximum absolute atomic E-state index is 10.6. The van der Waals surface area contributed by atoms with Crippen LogP contribution in [0.4, 0.5) is 0 Å². The minimum atomic E-state index is -0.997. The molecule has 0 aromatic heterocycles. The van der Waals surface area contributed by atoms with Gasteiger partial charge >= 0.3 is 5.97 Å². The summed E-state index contributed by atoms with van der Waals surface area (Å²) in [5, 5.41) is 8.71. The van der Waals surface area contributed by atoms with Crippen molar-refractivity contribution in [1.82, 2.24) is 0 Å². The van der Waals surface area contributed by atoms with Crippen molar-refractivity contribution in [3.8, 4) is 0 Å². The minimum Gasteiger partial charge on any atom is -0.478 e. The topological polar surface area (TPSA) is 74.4 Å². The van der Waals surface area contributed by atoms with E-state index in [1.165, 1.54) is 18.8 Å². The first-order valence-corrected chi connectivity index (χ1v) is 3.35. The number of hydrogen-bond acceptors (Lipinski definition) is 4. The Morgan fingerprint density at radius 3 is 3.17 bits per heavy atom. The highest BCUT2D eigenvalue weighted by molar-refractivity contribution is 6.38. The molecule has 0 amide bonds. The van der Waals surface area contributed by atoms with Crippen molar-refractivity contribution in [3.05, 3.63) is 11.8 Å². The fraction of sp³-hybridized carbons (Fsp3) is 0.143. The number of fused-ring (bicyclic) bond motifs is 1. The monoisotopic (exact) mass is 163 g/mol. The molecule has 12 heavy (non-hydrogen) atoms. The standard InChI is InChI=1S/C7H5N3O2/c11-7(12)4-1-8-2-5-6(4)10-3-9-5/h1-3,6H,(H,11,12)/t6-/m1/s1. The van der Waals surface area contributed by atoms with E-state index in [1.807, 2.05) is 0 Å². The highest BCUT2D eigenvalue weighted by atomic mass is 16.4. The van der Waals surface area contributed by atoms with Gasteiger partial charge < -0.3 is 5.11 Å². The van der Waals surface area contributed by atoms with Gasteiger partial charge in [-0.1, -0.05) is 0 Å². The molecule has 0 radical (unpaired) electrons. The summed E-state index contributed by atoms with van der Waals surface area (Å²) in [5.41, 5.74) is 0.764. The van der Waals surface area contributed by atoms with Crippen LogP contribution in [0.5, 0.6) is 0 Å². The molecule has 0 fully saturated rings. The summed E-state index contributed by atoms with van der Waals surface area (Å²) in [7, 11) is 0. The predicted molar refractivity (Wildman–Crippen MR) is 43.9 cm³/mol. The average Bonchev–Trinajstić information content (AvgIpc) is 2.49. The Labute approximate surface area is 67.9 Å². The Morgan fingerprint density at radius 1 is 1.58 bits per heavy atom. The van der Waals surface area contributed by atoms with Crippen LogP contribution >= 0.6 is 0 Å². The van der Waals surface area contributed by atoms with E-state index in [0.717, 1.165) is 0 Å². The van der Waals surface area contributed by atoms with Gasteiger partial charge in [-0.2, -0.15) is 0 Å². The average molecular weight is 163 g/mol. The first kappa shape index (κ1) is 6.90. The van der Waals surface area contributed by atoms with Crippen LogP contribution in [0, 0.1) is 0 Å². The van der Waals surface area contributed by atoms with Crippen LogP contribution in [0.15, 0.2) is 26.8 Å². The van der Waals surface area contributed by atoms with E-state index in [0.29, 0.717) is 5.71 Å². The summed E-state index contributed by atoms with van der Waals surface area (Å²) in [6.07, 6.45) is 4.17. The maximum atomic E-state index is 10.6. The normalized spacial score (nSPS) is 24.8. The lowest BCUT2D eigenvalue weighted by atomic mass is 10.0. The van der Waals surface area contributed by atoms with Crippen LogP contribution in [0.25, 0.3) is 0 Å². The van der Waals surface area contributed by atoms with E-state index in [4.69, 9.17) is 5.11 Å². The molecule has 1 atom stereocenters. The van der Waals surface area contributed by atoms with Crippen molar-refractivity contribution in [2.24, 2.45) is 15.0 Å². The summed E-state index contributed by atoms with van der Waals surface area (Å²) in [4.78, 5) is 22.1. The summed E-state index contributed by atoms with van der Waals surface area (Å²) in [6, 6.07) is -0.444. The zero-order chi connectivity index (χ0) is 8.55. The second-order valence-corrected chi connectivity index (χ2v) is 2.39. The number of carboxylic acid groups (broad SMARTS) is 1. The van der Waals surface area contributed by atoms with E-state index >= 15 is 0 Å². The fourth-order valence-corrected chi connectivity index (χ4v) is 1.09. The second-order valence-electron chi connectivity index (χ2n) is 2.39. The largest absolute Gasteiger partial charge is 0.478 e. The molecule has 2 aliphatic heterocycles. The SMILES string of the molecule is O=C(O)C1=CN=CC2=NC=N[C@H]12. The highest BCUT2D eigenvalue weighted by Crippen LogP contribution is 2.15. The van der Waals surface area contributed by atoms with Gasteiger partial charge in [0.15, 0.2) is 0 Å². The number of carboxylic acids is 1. The minimum absolute atomic E-state index is 0.171. The molecule has 0 unspecified atom stereocenters. The molecule has 0 saturated heterocycles. The molecule has 5 heteroatoms. The van der Waals surface area contributed by atoms with E-state index in [2.05, 4.69) is 15.0 Å². The Bertz CT molecular complexity index is 352. The van der Waals surface area contributed by atoms with Crippen LogP contribution < -0.4 is 0 Å². The zero-order valence-corrected chi connectivity index (χ0v) is 6.01. The first-order chi connectivity index (χ1) is 5.79. The lowest BCUT2D eigenvalue weighted by Crippen LogP contribution is -2.26. The Hall–Kier alpha value is -1.78. The molecule has 60 valence electrons. The van der Waals surface area contributed by atoms with Crippen LogP contribution in [0.3, 0.4) is 0 Å². The number of rotatable bonds is 1. The summed E-state index contributed by atoms with van der Waals surface area (Å²) >= 11 is 0. The number of carbonyl (C=O) groups is 1. The van der Waals surface area contributed by atoms with Crippen LogP contribution in [-0.4, -0.2) is 35.4 Å². The molecule has 0 saturated carbocycles. The number of nitrogens with zero attached hydrogens (tertiary/aromatic N) is 3. The van der Waals surface area contributed by atoms with Gasteiger partial charge in [0.25, 0.3) is 0 Å². The molecule has 0 spiro atoms. The van der Waals surface area contributed by atoms with E-state index < -0.39 is 12.0 Å². The quantitative estimate of drug-likeness (QED) is 0.585. The van der Waals surface area contributed by atoms with Gasteiger partial charge in [-0.25, -0.2) is 9.79 Å². The third kappa shape index (κ3) is 0.868. The Balaban J connectivity index is 2.41. The molecule has 2 heterocycles. The van der Waals surface area contributed by atoms with Gasteiger partial charge in [0.1, 0.15) is 12.4 Å². The smallest absolute Gasteiger partial charge is 0.335 e. The van der Waals surface area contributed by atoms with Gasteiger partial charge in [-0.15, -0.1) is 0 Å². The molecule has 0 aromatic rings. The van der Waals surface area contributed by atoms with Crippen molar-refractivity contribution in [2.45, 2.75) is 6.04 Å². The summed E-state index contributed by atoms with van der Waals surface area (Å²) in [5.74, 6) is -0.997. The van der Waals surface area contributed by atoms with Crippen LogP contribution in [0.2, 0.25) is 0 Å². The number of aliphatic imine (C=N–C) groups is 3. The van der Waals surface area contributed by atoms with Gasteiger partial charge in [-0.05, 0) is 0 Å². The lowest BCUT2D eigenvalue weighted by Gasteiger charge is -2.10. The first-order valence-electron chi connectivity index (χ1n) is 3.35. The van der Waals surface area contributed by atoms with E-state index in [1.54, 1.807) is 0 Å². The summed E-state index contributed by atoms with van der Waals surface area (Å²) < 4.78 is 0. The van der Waals surface area contributed by atoms with E-state index in [9.17, 15) is 4.79 Å².